The predicted octanol–water partition coefficient (Wildman–Crippen LogP) is 2.05. The van der Waals surface area contributed by atoms with Gasteiger partial charge in [-0.05, 0) is 24.6 Å². The second-order valence-electron chi connectivity index (χ2n) is 2.78. The Balaban J connectivity index is 2.88. The Hall–Kier alpha value is -1.64. The number of hydrogen-bond donors (Lipinski definition) is 0. The van der Waals surface area contributed by atoms with E-state index in [1.807, 2.05) is 19.1 Å². The van der Waals surface area contributed by atoms with Gasteiger partial charge in [0.05, 0.1) is 6.61 Å². The van der Waals surface area contributed by atoms with E-state index in [-0.39, 0.29) is 5.78 Å². The van der Waals surface area contributed by atoms with E-state index in [1.54, 1.807) is 18.5 Å². The molecule has 0 N–H and O–H groups in total. The van der Waals surface area contributed by atoms with Crippen LogP contribution in [-0.2, 0) is 9.53 Å². The molecule has 0 aliphatic carbocycles. The first-order valence-corrected chi connectivity index (χ1v) is 4.49. The highest BCUT2D eigenvalue weighted by Crippen LogP contribution is 2.07. The van der Waals surface area contributed by atoms with Crippen LogP contribution < -0.4 is 0 Å². The molecule has 14 heavy (non-hydrogen) atoms. The molecule has 0 fully saturated rings. The molecule has 0 amide bonds. The molecule has 1 rings (SSSR count). The molecule has 0 aliphatic heterocycles. The van der Waals surface area contributed by atoms with Gasteiger partial charge in [-0.25, -0.2) is 0 Å². The Bertz CT molecular complexity index is 330. The van der Waals surface area contributed by atoms with Crippen LogP contribution in [0.5, 0.6) is 0 Å². The van der Waals surface area contributed by atoms with Crippen molar-refractivity contribution in [3.63, 3.8) is 0 Å². The number of hydrogen-bond acceptors (Lipinski definition) is 3. The fourth-order valence-corrected chi connectivity index (χ4v) is 1.01. The molecule has 3 nitrogen and oxygen atoms in total. The van der Waals surface area contributed by atoms with Crippen LogP contribution in [0.1, 0.15) is 19.4 Å². The molecule has 0 radical (unpaired) electrons. The molecule has 0 bridgehead atoms. The second-order valence-corrected chi connectivity index (χ2v) is 2.78. The molecule has 0 aliphatic rings. The fourth-order valence-electron chi connectivity index (χ4n) is 1.01. The zero-order valence-corrected chi connectivity index (χ0v) is 8.36. The van der Waals surface area contributed by atoms with Crippen molar-refractivity contribution in [1.29, 1.82) is 0 Å². The molecule has 0 aromatic carbocycles. The van der Waals surface area contributed by atoms with Gasteiger partial charge in [-0.1, -0.05) is 6.07 Å². The maximum atomic E-state index is 11.1. The van der Waals surface area contributed by atoms with Crippen LogP contribution >= 0.6 is 0 Å². The molecule has 0 unspecified atom stereocenters. The third-order valence-corrected chi connectivity index (χ3v) is 1.63. The van der Waals surface area contributed by atoms with Crippen LogP contribution in [0.4, 0.5) is 0 Å². The van der Waals surface area contributed by atoms with E-state index in [1.165, 1.54) is 6.92 Å². The summed E-state index contributed by atoms with van der Waals surface area (Å²) in [5.41, 5.74) is 0.867. The van der Waals surface area contributed by atoms with Crippen LogP contribution in [0.2, 0.25) is 0 Å². The fraction of sp³-hybridized carbons (Fsp3) is 0.273. The van der Waals surface area contributed by atoms with Crippen molar-refractivity contribution < 1.29 is 9.53 Å². The highest BCUT2D eigenvalue weighted by Gasteiger charge is 2.03. The molecule has 0 saturated heterocycles. The summed E-state index contributed by atoms with van der Waals surface area (Å²) in [6.45, 7) is 3.82. The van der Waals surface area contributed by atoms with E-state index < -0.39 is 0 Å². The number of carbonyl (C=O) groups excluding carboxylic acids is 1. The number of aromatic nitrogens is 1. The molecule has 3 heteroatoms. The summed E-state index contributed by atoms with van der Waals surface area (Å²) in [5, 5.41) is 0. The SMILES string of the molecule is CCOC(=Cc1cccnc1)C(C)=O. The van der Waals surface area contributed by atoms with Crippen LogP contribution in [-0.4, -0.2) is 17.4 Å². The van der Waals surface area contributed by atoms with E-state index in [0.717, 1.165) is 5.56 Å². The minimum atomic E-state index is -0.0734. The summed E-state index contributed by atoms with van der Waals surface area (Å²) in [6, 6.07) is 3.69. The van der Waals surface area contributed by atoms with Gasteiger partial charge in [0.2, 0.25) is 0 Å². The normalized spacial score (nSPS) is 11.1. The van der Waals surface area contributed by atoms with Crippen molar-refractivity contribution in [2.24, 2.45) is 0 Å². The molecular weight excluding hydrogens is 178 g/mol. The summed E-state index contributed by atoms with van der Waals surface area (Å²) in [6.07, 6.45) is 5.06. The molecule has 74 valence electrons. The summed E-state index contributed by atoms with van der Waals surface area (Å²) in [7, 11) is 0. The Labute approximate surface area is 83.4 Å². The van der Waals surface area contributed by atoms with Crippen LogP contribution in [0.15, 0.2) is 30.3 Å². The third-order valence-electron chi connectivity index (χ3n) is 1.63. The van der Waals surface area contributed by atoms with Crippen molar-refractivity contribution in [1.82, 2.24) is 4.98 Å². The van der Waals surface area contributed by atoms with Crippen molar-refractivity contribution in [2.75, 3.05) is 6.61 Å². The predicted molar refractivity (Wildman–Crippen MR) is 54.5 cm³/mol. The maximum Gasteiger partial charge on any atom is 0.194 e. The van der Waals surface area contributed by atoms with Gasteiger partial charge in [0.15, 0.2) is 11.5 Å². The quantitative estimate of drug-likeness (QED) is 0.540. The summed E-state index contributed by atoms with van der Waals surface area (Å²) in [4.78, 5) is 15.1. The monoisotopic (exact) mass is 191 g/mol. The maximum absolute atomic E-state index is 11.1. The highest BCUT2D eigenvalue weighted by molar-refractivity contribution is 5.95. The average molecular weight is 191 g/mol. The summed E-state index contributed by atoms with van der Waals surface area (Å²) < 4.78 is 5.19. The number of nitrogens with zero attached hydrogens (tertiary/aromatic N) is 1. The number of rotatable bonds is 4. The first-order chi connectivity index (χ1) is 6.74. The van der Waals surface area contributed by atoms with Gasteiger partial charge in [-0.2, -0.15) is 0 Å². The number of carbonyl (C=O) groups is 1. The first kappa shape index (κ1) is 10.4. The summed E-state index contributed by atoms with van der Waals surface area (Å²) >= 11 is 0. The van der Waals surface area contributed by atoms with Crippen molar-refractivity contribution in [2.45, 2.75) is 13.8 Å². The van der Waals surface area contributed by atoms with E-state index >= 15 is 0 Å². The van der Waals surface area contributed by atoms with E-state index in [4.69, 9.17) is 4.74 Å². The van der Waals surface area contributed by atoms with E-state index in [2.05, 4.69) is 4.98 Å². The standard InChI is InChI=1S/C11H13NO2/c1-3-14-11(9(2)13)7-10-5-4-6-12-8-10/h4-8H,3H2,1-2H3. The lowest BCUT2D eigenvalue weighted by atomic mass is 10.2. The van der Waals surface area contributed by atoms with Gasteiger partial charge in [-0.15, -0.1) is 0 Å². The van der Waals surface area contributed by atoms with Gasteiger partial charge >= 0.3 is 0 Å². The zero-order valence-electron chi connectivity index (χ0n) is 8.36. The first-order valence-electron chi connectivity index (χ1n) is 4.49. The lowest BCUT2D eigenvalue weighted by molar-refractivity contribution is -0.116. The molecule has 1 aromatic rings. The van der Waals surface area contributed by atoms with E-state index in [0.29, 0.717) is 12.4 Å². The number of ketones is 1. The second kappa shape index (κ2) is 5.17. The smallest absolute Gasteiger partial charge is 0.194 e. The molecule has 0 spiro atoms. The minimum Gasteiger partial charge on any atom is -0.490 e. The topological polar surface area (TPSA) is 39.2 Å². The molecule has 0 saturated carbocycles. The number of allylic oxidation sites excluding steroid dienone is 1. The highest BCUT2D eigenvalue weighted by atomic mass is 16.5. The minimum absolute atomic E-state index is 0.0734. The third kappa shape index (κ3) is 3.01. The van der Waals surface area contributed by atoms with Gasteiger partial charge < -0.3 is 4.74 Å². The lowest BCUT2D eigenvalue weighted by Gasteiger charge is -2.04. The molecular formula is C11H13NO2. The largest absolute Gasteiger partial charge is 0.490 e. The summed E-state index contributed by atoms with van der Waals surface area (Å²) in [5.74, 6) is 0.302. The Morgan fingerprint density at radius 2 is 2.43 bits per heavy atom. The molecule has 1 heterocycles. The lowest BCUT2D eigenvalue weighted by Crippen LogP contribution is -2.01. The van der Waals surface area contributed by atoms with Crippen LogP contribution in [0.25, 0.3) is 6.08 Å². The Morgan fingerprint density at radius 3 is 2.93 bits per heavy atom. The van der Waals surface area contributed by atoms with Gasteiger partial charge in [0.1, 0.15) is 0 Å². The zero-order chi connectivity index (χ0) is 10.4. The van der Waals surface area contributed by atoms with Crippen LogP contribution in [0, 0.1) is 0 Å². The van der Waals surface area contributed by atoms with Crippen molar-refractivity contribution in [3.8, 4) is 0 Å². The Kier molecular flexibility index (Phi) is 3.85. The number of Topliss-reactive ketones (excluding diaryl/α,β-unsaturated/α-hetero) is 1. The van der Waals surface area contributed by atoms with Gasteiger partial charge in [0.25, 0.3) is 0 Å². The number of ether oxygens (including phenoxy) is 1. The molecule has 0 atom stereocenters. The van der Waals surface area contributed by atoms with Crippen LogP contribution in [0.3, 0.4) is 0 Å². The van der Waals surface area contributed by atoms with Crippen molar-refractivity contribution in [3.05, 3.63) is 35.8 Å². The van der Waals surface area contributed by atoms with E-state index in [9.17, 15) is 4.79 Å². The molecule has 1 aromatic heterocycles. The average Bonchev–Trinajstić information content (AvgIpc) is 2.18. The number of pyridine rings is 1. The Morgan fingerprint density at radius 1 is 1.64 bits per heavy atom. The van der Waals surface area contributed by atoms with Gasteiger partial charge in [0, 0.05) is 19.3 Å². The van der Waals surface area contributed by atoms with Gasteiger partial charge in [-0.3, -0.25) is 9.78 Å². The van der Waals surface area contributed by atoms with Crippen molar-refractivity contribution >= 4 is 11.9 Å².